The fourth-order valence-electron chi connectivity index (χ4n) is 1.16. The number of hydrogen-bond acceptors (Lipinski definition) is 2. The molecule has 1 rings (SSSR count). The van der Waals surface area contributed by atoms with Crippen LogP contribution in [-0.2, 0) is 11.0 Å². The van der Waals surface area contributed by atoms with Gasteiger partial charge in [0.15, 0.2) is 0 Å². The molecule has 0 aliphatic rings. The van der Waals surface area contributed by atoms with Crippen LogP contribution in [-0.4, -0.2) is 5.91 Å². The molecule has 18 heavy (non-hydrogen) atoms. The van der Waals surface area contributed by atoms with Gasteiger partial charge >= 0.3 is 6.18 Å². The van der Waals surface area contributed by atoms with Crippen molar-refractivity contribution in [2.24, 2.45) is 0 Å². The van der Waals surface area contributed by atoms with Gasteiger partial charge in [-0.25, -0.2) is 0 Å². The van der Waals surface area contributed by atoms with Crippen molar-refractivity contribution < 1.29 is 18.0 Å². The highest BCUT2D eigenvalue weighted by Crippen LogP contribution is 2.41. The molecule has 0 bridgehead atoms. The molecule has 3 nitrogen and oxygen atoms in total. The third-order valence-electron chi connectivity index (χ3n) is 1.90. The van der Waals surface area contributed by atoms with Crippen LogP contribution in [0.2, 0.25) is 10.0 Å². The number of hydrogen-bond donors (Lipinski definition) is 1. The lowest BCUT2D eigenvalue weighted by Gasteiger charge is -2.15. The van der Waals surface area contributed by atoms with Crippen LogP contribution in [0.3, 0.4) is 0 Å². The summed E-state index contributed by atoms with van der Waals surface area (Å²) in [4.78, 5) is 11.2. The van der Waals surface area contributed by atoms with E-state index in [2.05, 4.69) is 0 Å². The number of halogens is 5. The molecule has 0 aliphatic heterocycles. The number of anilines is 1. The van der Waals surface area contributed by atoms with Crippen molar-refractivity contribution in [1.82, 2.24) is 0 Å². The van der Waals surface area contributed by atoms with Crippen molar-refractivity contribution in [2.45, 2.75) is 12.6 Å². The van der Waals surface area contributed by atoms with Crippen LogP contribution in [0.4, 0.5) is 18.9 Å². The maximum atomic E-state index is 12.7. The summed E-state index contributed by atoms with van der Waals surface area (Å²) >= 11 is 11.2. The highest BCUT2D eigenvalue weighted by molar-refractivity contribution is 6.44. The van der Waals surface area contributed by atoms with E-state index in [0.717, 1.165) is 6.07 Å². The molecule has 0 aliphatic carbocycles. The summed E-state index contributed by atoms with van der Waals surface area (Å²) in [6, 6.07) is 3.19. The van der Waals surface area contributed by atoms with E-state index in [4.69, 9.17) is 28.5 Å². The van der Waals surface area contributed by atoms with Crippen molar-refractivity contribution in [3.8, 4) is 6.07 Å². The molecule has 0 saturated carbocycles. The molecule has 1 N–H and O–H groups in total. The van der Waals surface area contributed by atoms with Crippen LogP contribution in [0.15, 0.2) is 12.1 Å². The normalized spacial score (nSPS) is 10.9. The van der Waals surface area contributed by atoms with Crippen LogP contribution in [0.25, 0.3) is 0 Å². The largest absolute Gasteiger partial charge is 0.418 e. The summed E-state index contributed by atoms with van der Waals surface area (Å²) < 4.78 is 38.0. The van der Waals surface area contributed by atoms with Crippen molar-refractivity contribution >= 4 is 34.8 Å². The Labute approximate surface area is 110 Å². The summed E-state index contributed by atoms with van der Waals surface area (Å²) in [5.41, 5.74) is -1.76. The molecular weight excluding hydrogens is 292 g/mol. The zero-order chi connectivity index (χ0) is 13.9. The van der Waals surface area contributed by atoms with Gasteiger partial charge in [0.1, 0.15) is 6.42 Å². The first-order valence-corrected chi connectivity index (χ1v) is 5.25. The number of nitriles is 1. The van der Waals surface area contributed by atoms with E-state index in [0.29, 0.717) is 6.07 Å². The third kappa shape index (κ3) is 3.28. The lowest BCUT2D eigenvalue weighted by Crippen LogP contribution is -2.16. The minimum atomic E-state index is -4.69. The van der Waals surface area contributed by atoms with Gasteiger partial charge in [-0.3, -0.25) is 4.79 Å². The average Bonchev–Trinajstić information content (AvgIpc) is 2.23. The molecule has 0 heterocycles. The predicted octanol–water partition coefficient (Wildman–Crippen LogP) is 3.86. The molecule has 0 atom stereocenters. The highest BCUT2D eigenvalue weighted by atomic mass is 35.5. The Hall–Kier alpha value is -1.45. The molecule has 0 spiro atoms. The minimum absolute atomic E-state index is 0.128. The lowest BCUT2D eigenvalue weighted by atomic mass is 10.1. The van der Waals surface area contributed by atoms with Crippen molar-refractivity contribution in [3.63, 3.8) is 0 Å². The molecule has 0 unspecified atom stereocenters. The molecule has 0 radical (unpaired) electrons. The highest BCUT2D eigenvalue weighted by Gasteiger charge is 2.35. The van der Waals surface area contributed by atoms with Crippen molar-refractivity contribution in [2.75, 3.05) is 5.32 Å². The van der Waals surface area contributed by atoms with Crippen LogP contribution < -0.4 is 5.32 Å². The number of rotatable bonds is 2. The second-order valence-corrected chi connectivity index (χ2v) is 3.95. The Kier molecular flexibility index (Phi) is 4.43. The minimum Gasteiger partial charge on any atom is -0.323 e. The quantitative estimate of drug-likeness (QED) is 0.901. The Morgan fingerprint density at radius 3 is 2.50 bits per heavy atom. The second-order valence-electron chi connectivity index (χ2n) is 3.16. The second kappa shape index (κ2) is 5.46. The zero-order valence-electron chi connectivity index (χ0n) is 8.61. The standard InChI is InChI=1S/C10H5Cl2F3N2O/c11-6-2-1-5(10(13,14)15)9(8(6)12)17-7(18)3-4-16/h1-2H,3H2,(H,17,18). The number of carbonyl (C=O) groups is 1. The Bertz CT molecular complexity index is 523. The van der Waals surface area contributed by atoms with E-state index < -0.39 is 34.8 Å². The van der Waals surface area contributed by atoms with Gasteiger partial charge < -0.3 is 5.32 Å². The SMILES string of the molecule is N#CCC(=O)Nc1c(C(F)(F)F)ccc(Cl)c1Cl. The van der Waals surface area contributed by atoms with Gasteiger partial charge in [-0.15, -0.1) is 0 Å². The van der Waals surface area contributed by atoms with Crippen LogP contribution in [0.5, 0.6) is 0 Å². The van der Waals surface area contributed by atoms with Gasteiger partial charge in [-0.1, -0.05) is 23.2 Å². The maximum absolute atomic E-state index is 12.7. The average molecular weight is 297 g/mol. The first-order chi connectivity index (χ1) is 8.27. The van der Waals surface area contributed by atoms with Crippen LogP contribution >= 0.6 is 23.2 Å². The van der Waals surface area contributed by atoms with E-state index in [1.807, 2.05) is 5.32 Å². The Morgan fingerprint density at radius 1 is 1.39 bits per heavy atom. The molecular formula is C10H5Cl2F3N2O. The summed E-state index contributed by atoms with van der Waals surface area (Å²) in [6.45, 7) is 0. The number of benzene rings is 1. The van der Waals surface area contributed by atoms with Gasteiger partial charge in [-0.05, 0) is 12.1 Å². The van der Waals surface area contributed by atoms with E-state index in [1.165, 1.54) is 6.07 Å². The van der Waals surface area contributed by atoms with E-state index in [-0.39, 0.29) is 5.02 Å². The zero-order valence-corrected chi connectivity index (χ0v) is 10.1. The number of alkyl halides is 3. The van der Waals surface area contributed by atoms with Gasteiger partial charge in [0, 0.05) is 0 Å². The molecule has 1 amide bonds. The monoisotopic (exact) mass is 296 g/mol. The summed E-state index contributed by atoms with van der Waals surface area (Å²) in [5.74, 6) is -0.896. The van der Waals surface area contributed by atoms with Crippen molar-refractivity contribution in [3.05, 3.63) is 27.7 Å². The number of amides is 1. The maximum Gasteiger partial charge on any atom is 0.418 e. The number of nitrogens with one attached hydrogen (secondary N) is 1. The van der Waals surface area contributed by atoms with Gasteiger partial charge in [0.05, 0.1) is 27.4 Å². The van der Waals surface area contributed by atoms with Gasteiger partial charge in [0.2, 0.25) is 5.91 Å². The van der Waals surface area contributed by atoms with E-state index >= 15 is 0 Å². The lowest BCUT2D eigenvalue weighted by molar-refractivity contribution is -0.137. The van der Waals surface area contributed by atoms with Crippen LogP contribution in [0.1, 0.15) is 12.0 Å². The molecule has 1 aromatic rings. The fourth-order valence-corrected chi connectivity index (χ4v) is 1.53. The van der Waals surface area contributed by atoms with E-state index in [1.54, 1.807) is 0 Å². The van der Waals surface area contributed by atoms with E-state index in [9.17, 15) is 18.0 Å². The first kappa shape index (κ1) is 14.6. The summed E-state index contributed by atoms with van der Waals surface area (Å²) in [6.07, 6.45) is -5.27. The molecule has 96 valence electrons. The Balaban J connectivity index is 3.27. The number of carbonyl (C=O) groups excluding carboxylic acids is 1. The predicted molar refractivity (Wildman–Crippen MR) is 60.3 cm³/mol. The topological polar surface area (TPSA) is 52.9 Å². The summed E-state index contributed by atoms with van der Waals surface area (Å²) in [7, 11) is 0. The number of nitrogens with zero attached hydrogens (tertiary/aromatic N) is 1. The molecule has 8 heteroatoms. The third-order valence-corrected chi connectivity index (χ3v) is 2.71. The molecule has 0 saturated heterocycles. The van der Waals surface area contributed by atoms with Crippen LogP contribution in [0, 0.1) is 11.3 Å². The van der Waals surface area contributed by atoms with Crippen molar-refractivity contribution in [1.29, 1.82) is 5.26 Å². The molecule has 0 fully saturated rings. The van der Waals surface area contributed by atoms with Gasteiger partial charge in [0.25, 0.3) is 0 Å². The fraction of sp³-hybridized carbons (Fsp3) is 0.200. The molecule has 0 aromatic heterocycles. The first-order valence-electron chi connectivity index (χ1n) is 4.49. The summed E-state index contributed by atoms with van der Waals surface area (Å²) in [5, 5.41) is 9.66. The smallest absolute Gasteiger partial charge is 0.323 e. The Morgan fingerprint density at radius 2 is 2.00 bits per heavy atom. The van der Waals surface area contributed by atoms with Gasteiger partial charge in [-0.2, -0.15) is 18.4 Å². The molecule has 1 aromatic carbocycles.